The summed E-state index contributed by atoms with van der Waals surface area (Å²) in [6.45, 7) is 7.75. The van der Waals surface area contributed by atoms with Crippen LogP contribution in [0.3, 0.4) is 0 Å². The van der Waals surface area contributed by atoms with Crippen molar-refractivity contribution < 1.29 is 206 Å². The van der Waals surface area contributed by atoms with Crippen LogP contribution in [0.15, 0.2) is 84.8 Å². The number of methoxy groups -OCH3 is 1. The number of aryl methyl sites for hydroxylation is 2. The molecule has 0 amide bonds. The Morgan fingerprint density at radius 3 is 1.16 bits per heavy atom. The summed E-state index contributed by atoms with van der Waals surface area (Å²) >= 11 is 1.37. The van der Waals surface area contributed by atoms with Crippen LogP contribution in [0, 0.1) is 299 Å². The number of thiazole rings is 1. The first-order valence-corrected chi connectivity index (χ1v) is 39.7. The number of benzene rings is 2. The van der Waals surface area contributed by atoms with E-state index < -0.39 is 77.4 Å². The normalized spacial score (nSPS) is 14.9. The molecule has 2 aromatic carbocycles. The summed E-state index contributed by atoms with van der Waals surface area (Å²) in [7, 11) is -2.05. The Kier molecular flexibility index (Phi) is 70.1. The minimum atomic E-state index is -3.15. The summed E-state index contributed by atoms with van der Waals surface area (Å²) in [5.41, 5.74) is 6.29. The van der Waals surface area contributed by atoms with Crippen molar-refractivity contribution in [3.05, 3.63) is 123 Å². The summed E-state index contributed by atoms with van der Waals surface area (Å²) in [4.78, 5) is 97.7. The Morgan fingerprint density at radius 1 is 0.455 bits per heavy atom. The summed E-state index contributed by atoms with van der Waals surface area (Å²) < 4.78 is 81.2. The van der Waals surface area contributed by atoms with Gasteiger partial charge >= 0.3 is 55.4 Å². The number of fused-ring (bicyclic) bond motifs is 2. The molecule has 36 nitrogen and oxygen atoms in total. The van der Waals surface area contributed by atoms with Crippen molar-refractivity contribution in [2.24, 2.45) is 11.8 Å². The molecule has 4 aromatic rings. The molecule has 0 bridgehead atoms. The van der Waals surface area contributed by atoms with Gasteiger partial charge in [0, 0.05) is 212 Å². The van der Waals surface area contributed by atoms with E-state index in [1.807, 2.05) is 62.4 Å². The van der Waals surface area contributed by atoms with E-state index in [1.54, 1.807) is 43.2 Å². The van der Waals surface area contributed by atoms with Gasteiger partial charge in [-0.25, -0.2) is 43.2 Å². The fraction of sp³-hybridized carbons (Fsp3) is 0.284. The quantitative estimate of drug-likeness (QED) is 0.0243. The zero-order valence-electron chi connectivity index (χ0n) is 71.1. The fourth-order valence-corrected chi connectivity index (χ4v) is 10.7. The molecule has 39 heteroatoms. The van der Waals surface area contributed by atoms with Crippen LogP contribution in [0.2, 0.25) is 0 Å². The van der Waals surface area contributed by atoms with E-state index in [4.69, 9.17) is 92.4 Å². The van der Waals surface area contributed by atoms with Gasteiger partial charge in [0.1, 0.15) is 44.7 Å². The molecule has 687 valence electrons. The third-order valence-corrected chi connectivity index (χ3v) is 16.7. The molecule has 5 aliphatic heterocycles. The van der Waals surface area contributed by atoms with Crippen LogP contribution in [-0.4, -0.2) is 208 Å². The van der Waals surface area contributed by atoms with Gasteiger partial charge in [-0.15, -0.1) is 24.2 Å². The van der Waals surface area contributed by atoms with E-state index in [0.717, 1.165) is 64.8 Å². The predicted molar refractivity (Wildman–Crippen MR) is 469 cm³/mol. The van der Waals surface area contributed by atoms with E-state index in [0.29, 0.717) is 32.8 Å². The standard InChI is InChI=1S/C38H2.C10H12O3.C8H12O5.C8H8O3.C7H7NO3.C7H10O5.C5H5NO3S.C5H7O5S.C5H10O4.C2H4O3.Pr/c1-3-5-7-9-11-13-15-17-19-21-23-25-27-29-31-33-35-37-38-36-34-32-30-28-26-24-22-20-18-16-14-12-10-8-6-4-2;1-7-4-3-5-8(2)9(7)6-13-10(11)12;9-8(10)13-6-4-12-7-5(6)2-1-3-11-7;9-8(10)11-6-7-4-2-1-3-5-7;9-7(10)11-5-6-2-1-3-8-4-6;8-7(9)12-5-3-11-6-4(5)1-2-10-6;7-5(8)9-2-4-1-6-3-10-4;6-5(7)10-4-1-2-11(8,9)3-4;1-2-4(3-6)9-5(7)8;1-5-2(3)4;/h1-2H;3-5H,6H2,1-2H3,(H,11,12);5-7H,1-4H2,(H,9,10);1-5H,6H2,(H,9,10);1-4H,5H2,(H,9,10);4-6H,1-3H2,(H,8,9);1,3H,2H2,(H,7,8);3-4H,1-2H2,(H,6,7);4,6H,2-3H2,1H3,(H,7,8);1H3,(H,3,4);/q;;;;;;;-1;;;. The van der Waals surface area contributed by atoms with Gasteiger partial charge in [0.2, 0.25) is 0 Å². The molecule has 1 radical (unpaired) electrons. The molecule has 5 fully saturated rings. The van der Waals surface area contributed by atoms with Crippen LogP contribution in [0.25, 0.3) is 0 Å². The van der Waals surface area contributed by atoms with Gasteiger partial charge in [-0.05, 0) is 175 Å². The van der Waals surface area contributed by atoms with Crippen molar-refractivity contribution in [1.82, 2.24) is 9.97 Å². The first-order chi connectivity index (χ1) is 63.9. The third-order valence-electron chi connectivity index (χ3n) is 14.4. The maximum atomic E-state index is 10.7. The summed E-state index contributed by atoms with van der Waals surface area (Å²) in [6.07, 6.45) is 4.01. The average molecular weight is 2000 g/mol. The van der Waals surface area contributed by atoms with Crippen LogP contribution < -0.4 is 0 Å². The van der Waals surface area contributed by atoms with Crippen molar-refractivity contribution in [1.29, 1.82) is 0 Å². The monoisotopic (exact) mass is 1990 g/mol. The Morgan fingerprint density at radius 2 is 0.836 bits per heavy atom. The molecule has 9 rings (SSSR count). The zero-order chi connectivity index (χ0) is 98.8. The molecule has 8 atom stereocenters. The number of rotatable bonds is 14. The predicted octanol–water partition coefficient (Wildman–Crippen LogP) is 9.37. The van der Waals surface area contributed by atoms with E-state index >= 15 is 0 Å². The van der Waals surface area contributed by atoms with Crippen molar-refractivity contribution in [3.8, 4) is 226 Å². The molecule has 5 saturated heterocycles. The number of aliphatic hydroxyl groups excluding tert-OH is 1. The minimum absolute atomic E-state index is 0. The molecule has 0 spiro atoms. The van der Waals surface area contributed by atoms with Crippen molar-refractivity contribution in [2.45, 2.75) is 116 Å². The number of nitrogens with zero attached hydrogens (tertiary/aromatic N) is 2. The maximum Gasteiger partial charge on any atom is 0.506 e. The Bertz CT molecular complexity index is 5700. The molecular weight excluding hydrogens is 1920 g/mol. The largest absolute Gasteiger partial charge is 0.506 e. The molecule has 134 heavy (non-hydrogen) atoms. The van der Waals surface area contributed by atoms with Gasteiger partial charge in [-0.2, -0.15) is 5.75 Å². The van der Waals surface area contributed by atoms with Crippen LogP contribution in [0.4, 0.5) is 43.2 Å². The van der Waals surface area contributed by atoms with Gasteiger partial charge in [0.05, 0.1) is 49.8 Å². The molecule has 2 aromatic heterocycles. The number of carbonyl (C=O) groups is 9. The number of carboxylic acid groups (broad SMARTS) is 9. The number of hydrogen-bond acceptors (Lipinski definition) is 28. The Labute approximate surface area is 809 Å². The number of hydrogen-bond donors (Lipinski definition) is 10. The van der Waals surface area contributed by atoms with Gasteiger partial charge < -0.3 is 113 Å². The first kappa shape index (κ1) is 119. The average Bonchev–Trinajstić information content (AvgIpc) is 1.69. The van der Waals surface area contributed by atoms with Crippen LogP contribution >= 0.6 is 11.3 Å². The van der Waals surface area contributed by atoms with Gasteiger partial charge in [-0.1, -0.05) is 61.5 Å². The molecule has 5 aliphatic rings. The molecule has 8 unspecified atom stereocenters. The van der Waals surface area contributed by atoms with E-state index in [1.165, 1.54) is 11.3 Å². The van der Waals surface area contributed by atoms with Gasteiger partial charge in [0.25, 0.3) is 0 Å². The van der Waals surface area contributed by atoms with Crippen molar-refractivity contribution >= 4 is 76.6 Å². The second-order valence-electron chi connectivity index (χ2n) is 23.5. The van der Waals surface area contributed by atoms with Crippen LogP contribution in [-0.2, 0) is 97.8 Å². The minimum Gasteiger partial charge on any atom is -0.463 e. The summed E-state index contributed by atoms with van der Waals surface area (Å²) in [6, 6.07) is 18.4. The van der Waals surface area contributed by atoms with Crippen molar-refractivity contribution in [2.75, 3.05) is 45.9 Å². The molecular formula is C95H77N2O34PrS2-. The number of aliphatic hydroxyl groups is 1. The number of terminal acetylenes is 2. The second-order valence-corrected chi connectivity index (χ2v) is 26.4. The van der Waals surface area contributed by atoms with Crippen LogP contribution in [0.1, 0.15) is 71.7 Å². The molecule has 7 heterocycles. The maximum absolute atomic E-state index is 10.7. The molecule has 0 saturated carbocycles. The third kappa shape index (κ3) is 69.5. The Hall–Kier alpha value is -16.6. The van der Waals surface area contributed by atoms with Crippen LogP contribution in [0.5, 0.6) is 0 Å². The number of sulfone groups is 1. The summed E-state index contributed by atoms with van der Waals surface area (Å²) in [5.74, 6) is 89.2. The molecule has 0 aliphatic carbocycles. The van der Waals surface area contributed by atoms with E-state index in [9.17, 15) is 46.8 Å². The molecule has 10 N–H and O–H groups in total. The Balaban J connectivity index is 0. The smallest absolute Gasteiger partial charge is 0.463 e. The zero-order valence-corrected chi connectivity index (χ0v) is 76.4. The van der Waals surface area contributed by atoms with E-state index in [-0.39, 0.29) is 123 Å². The second kappa shape index (κ2) is 78.6. The van der Waals surface area contributed by atoms with Crippen molar-refractivity contribution in [3.63, 3.8) is 0 Å². The number of ether oxygens (including phenoxy) is 13. The number of pyridine rings is 1. The first-order valence-electron chi connectivity index (χ1n) is 37.1. The van der Waals surface area contributed by atoms with Gasteiger partial charge in [-0.3, -0.25) is 18.4 Å². The fourth-order valence-electron chi connectivity index (χ4n) is 8.89. The SMILES string of the molecule is C#CC#CC#CC#CC#CC#CC#CC#CC#CC#CC#CC#CC#CC#CC#CC#CC#CC#CC#C.CCC(CO)OC(=O)O.COC(=O)O.Cc1cccc(C)c1COC(=O)O.O=C(O)OC1COC2OCCC12.O=C(O)OC1COC2OCCCC12.O=C(O)OC1[CH-]S(=O)(=O)CC1.O=C(O)OCc1ccccc1.O=C(O)OCc1cccnc1.O=C(O)OCc1cncs1.[Pr]. The number of aromatic nitrogens is 2. The van der Waals surface area contributed by atoms with Gasteiger partial charge in [0.15, 0.2) is 12.6 Å². The topological polar surface area (TPSA) is 536 Å². The summed E-state index contributed by atoms with van der Waals surface area (Å²) in [5, 5.41) is 81.5. The van der Waals surface area contributed by atoms with E-state index in [2.05, 4.69) is 261 Å².